The van der Waals surface area contributed by atoms with Crippen molar-refractivity contribution in [2.24, 2.45) is 0 Å². The monoisotopic (exact) mass is 158 g/mol. The smallest absolute Gasteiger partial charge is 0.242 e. The minimum absolute atomic E-state index is 0.346. The lowest BCUT2D eigenvalue weighted by atomic mass is 10.4. The van der Waals surface area contributed by atoms with Crippen molar-refractivity contribution in [2.45, 2.75) is 13.1 Å². The zero-order valence-electron chi connectivity index (χ0n) is 5.34. The van der Waals surface area contributed by atoms with E-state index in [0.717, 1.165) is 25.5 Å². The number of rotatable bonds is 0. The van der Waals surface area contributed by atoms with Crippen LogP contribution < -0.4 is 5.32 Å². The van der Waals surface area contributed by atoms with Crippen LogP contribution >= 0.6 is 11.6 Å². The Kier molecular flexibility index (Phi) is 1.35. The standard InChI is InChI=1S/C5H7ClN4/c6-5-8-4-1-2-7-3-10(4)9-5/h7H,1-3H2. The Bertz CT molecular complexity index is 220. The molecule has 0 saturated heterocycles. The Labute approximate surface area is 63.2 Å². The van der Waals surface area contributed by atoms with Crippen LogP contribution in [0.15, 0.2) is 0 Å². The lowest BCUT2D eigenvalue weighted by molar-refractivity contribution is 0.447. The molecule has 0 amide bonds. The molecule has 0 unspecified atom stereocenters. The molecule has 0 aliphatic carbocycles. The second-order valence-corrected chi connectivity index (χ2v) is 2.54. The molecule has 54 valence electrons. The molecule has 0 bridgehead atoms. The summed E-state index contributed by atoms with van der Waals surface area (Å²) in [5.41, 5.74) is 0. The highest BCUT2D eigenvalue weighted by molar-refractivity contribution is 6.28. The number of halogens is 1. The first-order chi connectivity index (χ1) is 4.86. The van der Waals surface area contributed by atoms with Gasteiger partial charge in [0.2, 0.25) is 5.28 Å². The van der Waals surface area contributed by atoms with Gasteiger partial charge in [0.05, 0.1) is 6.67 Å². The molecule has 1 aromatic heterocycles. The van der Waals surface area contributed by atoms with Gasteiger partial charge in [-0.15, -0.1) is 5.10 Å². The maximum atomic E-state index is 5.58. The third kappa shape index (κ3) is 0.892. The van der Waals surface area contributed by atoms with E-state index in [-0.39, 0.29) is 0 Å². The first-order valence-corrected chi connectivity index (χ1v) is 3.54. The summed E-state index contributed by atoms with van der Waals surface area (Å²) in [4.78, 5) is 4.03. The van der Waals surface area contributed by atoms with E-state index >= 15 is 0 Å². The first kappa shape index (κ1) is 6.12. The number of hydrogen-bond donors (Lipinski definition) is 1. The van der Waals surface area contributed by atoms with Crippen LogP contribution in [0, 0.1) is 0 Å². The normalized spacial score (nSPS) is 16.9. The van der Waals surface area contributed by atoms with E-state index in [1.54, 1.807) is 4.68 Å². The van der Waals surface area contributed by atoms with Crippen molar-refractivity contribution in [3.63, 3.8) is 0 Å². The van der Waals surface area contributed by atoms with Gasteiger partial charge in [-0.2, -0.15) is 0 Å². The molecule has 0 aromatic carbocycles. The van der Waals surface area contributed by atoms with Gasteiger partial charge in [0, 0.05) is 13.0 Å². The molecule has 1 aliphatic rings. The van der Waals surface area contributed by atoms with E-state index in [1.165, 1.54) is 0 Å². The van der Waals surface area contributed by atoms with E-state index in [9.17, 15) is 0 Å². The molecule has 0 saturated carbocycles. The van der Waals surface area contributed by atoms with E-state index in [1.807, 2.05) is 0 Å². The highest BCUT2D eigenvalue weighted by Crippen LogP contribution is 2.05. The van der Waals surface area contributed by atoms with Gasteiger partial charge in [0.15, 0.2) is 0 Å². The van der Waals surface area contributed by atoms with Crippen LogP contribution in [-0.2, 0) is 13.1 Å². The lowest BCUT2D eigenvalue weighted by Gasteiger charge is -2.11. The van der Waals surface area contributed by atoms with Gasteiger partial charge in [-0.05, 0) is 11.6 Å². The zero-order chi connectivity index (χ0) is 6.97. The second-order valence-electron chi connectivity index (χ2n) is 2.20. The van der Waals surface area contributed by atoms with Crippen molar-refractivity contribution in [3.05, 3.63) is 11.1 Å². The second kappa shape index (κ2) is 2.21. The van der Waals surface area contributed by atoms with Gasteiger partial charge >= 0.3 is 0 Å². The van der Waals surface area contributed by atoms with E-state index in [2.05, 4.69) is 15.4 Å². The minimum atomic E-state index is 0.346. The van der Waals surface area contributed by atoms with Gasteiger partial charge in [0.1, 0.15) is 5.82 Å². The van der Waals surface area contributed by atoms with Crippen molar-refractivity contribution < 1.29 is 0 Å². The number of aromatic nitrogens is 3. The van der Waals surface area contributed by atoms with Crippen molar-refractivity contribution in [3.8, 4) is 0 Å². The molecule has 10 heavy (non-hydrogen) atoms. The lowest BCUT2D eigenvalue weighted by Crippen LogP contribution is -2.29. The van der Waals surface area contributed by atoms with Crippen LogP contribution in [0.1, 0.15) is 5.82 Å². The van der Waals surface area contributed by atoms with Crippen LogP contribution in [0.5, 0.6) is 0 Å². The summed E-state index contributed by atoms with van der Waals surface area (Å²) in [5.74, 6) is 0.976. The minimum Gasteiger partial charge on any atom is -0.298 e. The summed E-state index contributed by atoms with van der Waals surface area (Å²) in [7, 11) is 0. The molecule has 0 fully saturated rings. The Balaban J connectivity index is 2.41. The number of hydrogen-bond acceptors (Lipinski definition) is 3. The summed E-state index contributed by atoms with van der Waals surface area (Å²) in [6, 6.07) is 0. The maximum Gasteiger partial charge on any atom is 0.242 e. The molecule has 0 spiro atoms. The zero-order valence-corrected chi connectivity index (χ0v) is 6.10. The van der Waals surface area contributed by atoms with Crippen molar-refractivity contribution in [1.29, 1.82) is 0 Å². The molecule has 1 aliphatic heterocycles. The largest absolute Gasteiger partial charge is 0.298 e. The third-order valence-electron chi connectivity index (χ3n) is 1.51. The fourth-order valence-corrected chi connectivity index (χ4v) is 1.23. The topological polar surface area (TPSA) is 42.7 Å². The fourth-order valence-electron chi connectivity index (χ4n) is 1.04. The molecule has 0 atom stereocenters. The van der Waals surface area contributed by atoms with Crippen LogP contribution in [0.4, 0.5) is 0 Å². The number of fused-ring (bicyclic) bond motifs is 1. The highest BCUT2D eigenvalue weighted by atomic mass is 35.5. The Morgan fingerprint density at radius 2 is 2.50 bits per heavy atom. The fraction of sp³-hybridized carbons (Fsp3) is 0.600. The SMILES string of the molecule is Clc1nc2n(n1)CNCC2. The summed E-state index contributed by atoms with van der Waals surface area (Å²) in [6.45, 7) is 1.70. The van der Waals surface area contributed by atoms with Crippen LogP contribution in [0.3, 0.4) is 0 Å². The summed E-state index contributed by atoms with van der Waals surface area (Å²) in [5, 5.41) is 7.46. The van der Waals surface area contributed by atoms with Gasteiger partial charge in [-0.3, -0.25) is 5.32 Å². The van der Waals surface area contributed by atoms with Crippen LogP contribution in [0.25, 0.3) is 0 Å². The number of nitrogens with one attached hydrogen (secondary N) is 1. The predicted molar refractivity (Wildman–Crippen MR) is 36.7 cm³/mol. The average molecular weight is 159 g/mol. The van der Waals surface area contributed by atoms with Crippen molar-refractivity contribution in [1.82, 2.24) is 20.1 Å². The van der Waals surface area contributed by atoms with Gasteiger partial charge in [-0.25, -0.2) is 9.67 Å². The van der Waals surface area contributed by atoms with Crippen LogP contribution in [0.2, 0.25) is 5.28 Å². The Hall–Kier alpha value is -0.610. The molecular formula is C5H7ClN4. The van der Waals surface area contributed by atoms with Gasteiger partial charge < -0.3 is 0 Å². The van der Waals surface area contributed by atoms with Crippen molar-refractivity contribution >= 4 is 11.6 Å². The molecular weight excluding hydrogens is 152 g/mol. The third-order valence-corrected chi connectivity index (χ3v) is 1.67. The summed E-state index contributed by atoms with van der Waals surface area (Å²) in [6.07, 6.45) is 0.916. The summed E-state index contributed by atoms with van der Waals surface area (Å²) < 4.78 is 1.78. The van der Waals surface area contributed by atoms with Gasteiger partial charge in [0.25, 0.3) is 0 Å². The highest BCUT2D eigenvalue weighted by Gasteiger charge is 2.10. The van der Waals surface area contributed by atoms with E-state index < -0.39 is 0 Å². The van der Waals surface area contributed by atoms with E-state index in [4.69, 9.17) is 11.6 Å². The van der Waals surface area contributed by atoms with Crippen LogP contribution in [-0.4, -0.2) is 21.3 Å². The quantitative estimate of drug-likeness (QED) is 0.580. The molecule has 0 radical (unpaired) electrons. The predicted octanol–water partition coefficient (Wildman–Crippen LogP) is 0.0347. The Morgan fingerprint density at radius 3 is 3.30 bits per heavy atom. The Morgan fingerprint density at radius 1 is 1.60 bits per heavy atom. The van der Waals surface area contributed by atoms with Gasteiger partial charge in [-0.1, -0.05) is 0 Å². The summed E-state index contributed by atoms with van der Waals surface area (Å²) >= 11 is 5.58. The number of nitrogens with zero attached hydrogens (tertiary/aromatic N) is 3. The molecule has 4 nitrogen and oxygen atoms in total. The van der Waals surface area contributed by atoms with Crippen molar-refractivity contribution in [2.75, 3.05) is 6.54 Å². The molecule has 2 rings (SSSR count). The maximum absolute atomic E-state index is 5.58. The van der Waals surface area contributed by atoms with E-state index in [0.29, 0.717) is 5.28 Å². The molecule has 1 aromatic rings. The molecule has 5 heteroatoms. The first-order valence-electron chi connectivity index (χ1n) is 3.16. The molecule has 1 N–H and O–H groups in total. The average Bonchev–Trinajstić information content (AvgIpc) is 2.27. The molecule has 2 heterocycles.